The molecule has 76 valence electrons. The van der Waals surface area contributed by atoms with Crippen molar-refractivity contribution in [2.24, 2.45) is 0 Å². The summed E-state index contributed by atoms with van der Waals surface area (Å²) >= 11 is 0. The maximum atomic E-state index is 5.71. The first-order chi connectivity index (χ1) is 7.39. The number of hydrogen-bond acceptors (Lipinski definition) is 1. The van der Waals surface area contributed by atoms with Crippen molar-refractivity contribution < 1.29 is 4.74 Å². The zero-order valence-corrected chi connectivity index (χ0v) is 8.70. The highest BCUT2D eigenvalue weighted by Crippen LogP contribution is 2.47. The number of hydrogen-bond donors (Lipinski definition) is 0. The van der Waals surface area contributed by atoms with Crippen LogP contribution in [0.4, 0.5) is 0 Å². The van der Waals surface area contributed by atoms with E-state index in [1.807, 2.05) is 30.3 Å². The normalized spacial score (nSPS) is 32.4. The lowest BCUT2D eigenvalue weighted by molar-refractivity contribution is 0.336. The third kappa shape index (κ3) is 1.66. The van der Waals surface area contributed by atoms with E-state index in [1.54, 1.807) is 0 Å². The Labute approximate surface area is 90.5 Å². The highest BCUT2D eigenvalue weighted by atomic mass is 16.6. The van der Waals surface area contributed by atoms with E-state index >= 15 is 0 Å². The molecule has 1 aromatic rings. The summed E-state index contributed by atoms with van der Waals surface area (Å²) in [5.74, 6) is 6.54. The summed E-state index contributed by atoms with van der Waals surface area (Å²) in [6.07, 6.45) is 5.32. The molecular formula is C14H14O. The number of benzene rings is 1. The quantitative estimate of drug-likeness (QED) is 0.461. The highest BCUT2D eigenvalue weighted by molar-refractivity contribution is 5.39. The standard InChI is InChI=1S/C14H14O/c1-2-6-12(7-3-1)9-11-14-10-5-4-8-13(14)15-14/h1-3,6-7,13H,4-5,8,10H2/t13-,14-/m0/s1. The fourth-order valence-electron chi connectivity index (χ4n) is 2.32. The zero-order valence-electron chi connectivity index (χ0n) is 8.70. The Morgan fingerprint density at radius 3 is 2.87 bits per heavy atom. The molecule has 2 aliphatic rings. The van der Waals surface area contributed by atoms with E-state index < -0.39 is 0 Å². The Morgan fingerprint density at radius 2 is 2.07 bits per heavy atom. The summed E-state index contributed by atoms with van der Waals surface area (Å²) in [5, 5.41) is 0. The molecule has 0 unspecified atom stereocenters. The van der Waals surface area contributed by atoms with Crippen LogP contribution >= 0.6 is 0 Å². The predicted octanol–water partition coefficient (Wildman–Crippen LogP) is 2.75. The molecule has 0 N–H and O–H groups in total. The number of ether oxygens (including phenoxy) is 1. The predicted molar refractivity (Wildman–Crippen MR) is 59.4 cm³/mol. The van der Waals surface area contributed by atoms with Gasteiger partial charge in [0.15, 0.2) is 5.60 Å². The summed E-state index contributed by atoms with van der Waals surface area (Å²) < 4.78 is 5.71. The Morgan fingerprint density at radius 1 is 1.20 bits per heavy atom. The maximum Gasteiger partial charge on any atom is 0.155 e. The molecule has 0 bridgehead atoms. The van der Waals surface area contributed by atoms with Crippen LogP contribution in [0.2, 0.25) is 0 Å². The van der Waals surface area contributed by atoms with Gasteiger partial charge in [0.05, 0.1) is 6.10 Å². The molecule has 1 heteroatoms. The second-order valence-corrected chi connectivity index (χ2v) is 4.36. The molecule has 1 nitrogen and oxygen atoms in total. The number of epoxide rings is 1. The van der Waals surface area contributed by atoms with Crippen LogP contribution in [-0.2, 0) is 4.74 Å². The fraction of sp³-hybridized carbons (Fsp3) is 0.429. The maximum absolute atomic E-state index is 5.71. The van der Waals surface area contributed by atoms with E-state index in [9.17, 15) is 0 Å². The zero-order chi connectivity index (χ0) is 10.1. The molecule has 1 saturated heterocycles. The summed E-state index contributed by atoms with van der Waals surface area (Å²) in [5.41, 5.74) is 1.03. The van der Waals surface area contributed by atoms with Crippen LogP contribution in [0, 0.1) is 11.8 Å². The summed E-state index contributed by atoms with van der Waals surface area (Å²) in [7, 11) is 0. The van der Waals surface area contributed by atoms with E-state index in [0.29, 0.717) is 6.10 Å². The van der Waals surface area contributed by atoms with Gasteiger partial charge >= 0.3 is 0 Å². The van der Waals surface area contributed by atoms with Gasteiger partial charge in [-0.1, -0.05) is 36.5 Å². The van der Waals surface area contributed by atoms with E-state index in [1.165, 1.54) is 19.3 Å². The molecule has 1 aromatic carbocycles. The van der Waals surface area contributed by atoms with Crippen molar-refractivity contribution in [1.82, 2.24) is 0 Å². The van der Waals surface area contributed by atoms with Crippen LogP contribution in [0.15, 0.2) is 30.3 Å². The number of fused-ring (bicyclic) bond motifs is 1. The largest absolute Gasteiger partial charge is 0.352 e. The van der Waals surface area contributed by atoms with Crippen molar-refractivity contribution in [3.63, 3.8) is 0 Å². The molecule has 1 aliphatic carbocycles. The highest BCUT2D eigenvalue weighted by Gasteiger charge is 2.56. The first-order valence-electron chi connectivity index (χ1n) is 5.65. The van der Waals surface area contributed by atoms with Gasteiger partial charge in [0.1, 0.15) is 0 Å². The second kappa shape index (κ2) is 3.40. The van der Waals surface area contributed by atoms with Gasteiger partial charge in [-0.3, -0.25) is 0 Å². The molecule has 15 heavy (non-hydrogen) atoms. The lowest BCUT2D eigenvalue weighted by atomic mass is 9.89. The first-order valence-corrected chi connectivity index (χ1v) is 5.65. The van der Waals surface area contributed by atoms with Gasteiger partial charge in [-0.2, -0.15) is 0 Å². The van der Waals surface area contributed by atoms with E-state index in [-0.39, 0.29) is 5.60 Å². The Bertz CT molecular complexity index is 412. The van der Waals surface area contributed by atoms with Gasteiger partial charge in [-0.15, -0.1) is 0 Å². The Hall–Kier alpha value is -1.26. The third-order valence-corrected chi connectivity index (χ3v) is 3.27. The molecule has 1 heterocycles. The molecule has 0 amide bonds. The number of rotatable bonds is 0. The molecule has 2 fully saturated rings. The third-order valence-electron chi connectivity index (χ3n) is 3.27. The van der Waals surface area contributed by atoms with Crippen LogP contribution in [0.25, 0.3) is 0 Å². The minimum atomic E-state index is -0.0614. The SMILES string of the molecule is C(#C[C@@]12CCCC[C@@H]1O2)c1ccccc1. The van der Waals surface area contributed by atoms with Crippen LogP contribution < -0.4 is 0 Å². The van der Waals surface area contributed by atoms with Crippen LogP contribution in [0.1, 0.15) is 31.2 Å². The smallest absolute Gasteiger partial charge is 0.155 e. The average Bonchev–Trinajstić information content (AvgIpc) is 3.03. The van der Waals surface area contributed by atoms with Gasteiger partial charge in [-0.05, 0) is 31.4 Å². The summed E-state index contributed by atoms with van der Waals surface area (Å²) in [4.78, 5) is 0. The molecule has 0 spiro atoms. The summed E-state index contributed by atoms with van der Waals surface area (Å²) in [6, 6.07) is 10.1. The molecule has 3 rings (SSSR count). The summed E-state index contributed by atoms with van der Waals surface area (Å²) in [6.45, 7) is 0. The van der Waals surface area contributed by atoms with E-state index in [2.05, 4.69) is 11.8 Å². The van der Waals surface area contributed by atoms with Crippen molar-refractivity contribution >= 4 is 0 Å². The van der Waals surface area contributed by atoms with Gasteiger partial charge in [0.2, 0.25) is 0 Å². The van der Waals surface area contributed by atoms with E-state index in [4.69, 9.17) is 4.74 Å². The van der Waals surface area contributed by atoms with Crippen molar-refractivity contribution in [3.8, 4) is 11.8 Å². The first kappa shape index (κ1) is 9.00. The van der Waals surface area contributed by atoms with Gasteiger partial charge < -0.3 is 4.74 Å². The van der Waals surface area contributed by atoms with Crippen molar-refractivity contribution in [1.29, 1.82) is 0 Å². The second-order valence-electron chi connectivity index (χ2n) is 4.36. The van der Waals surface area contributed by atoms with Gasteiger partial charge in [0.25, 0.3) is 0 Å². The van der Waals surface area contributed by atoms with Crippen LogP contribution in [0.5, 0.6) is 0 Å². The molecule has 1 aliphatic heterocycles. The monoisotopic (exact) mass is 198 g/mol. The average molecular weight is 198 g/mol. The lowest BCUT2D eigenvalue weighted by Crippen LogP contribution is -2.16. The molecule has 0 aromatic heterocycles. The Kier molecular flexibility index (Phi) is 2.04. The van der Waals surface area contributed by atoms with E-state index in [0.717, 1.165) is 12.0 Å². The fourth-order valence-corrected chi connectivity index (χ4v) is 2.32. The molecule has 2 atom stereocenters. The minimum Gasteiger partial charge on any atom is -0.352 e. The Balaban J connectivity index is 1.79. The van der Waals surface area contributed by atoms with Crippen molar-refractivity contribution in [2.75, 3.05) is 0 Å². The molecular weight excluding hydrogens is 184 g/mol. The van der Waals surface area contributed by atoms with Crippen LogP contribution in [0.3, 0.4) is 0 Å². The topological polar surface area (TPSA) is 12.5 Å². The van der Waals surface area contributed by atoms with Crippen LogP contribution in [-0.4, -0.2) is 11.7 Å². The molecule has 1 saturated carbocycles. The van der Waals surface area contributed by atoms with Gasteiger partial charge in [-0.25, -0.2) is 0 Å². The van der Waals surface area contributed by atoms with Gasteiger partial charge in [0, 0.05) is 5.56 Å². The van der Waals surface area contributed by atoms with Crippen molar-refractivity contribution in [2.45, 2.75) is 37.4 Å². The molecule has 0 radical (unpaired) electrons. The lowest BCUT2D eigenvalue weighted by Gasteiger charge is -2.10. The van der Waals surface area contributed by atoms with Crippen molar-refractivity contribution in [3.05, 3.63) is 35.9 Å². The minimum absolute atomic E-state index is 0.0614.